The van der Waals surface area contributed by atoms with Crippen LogP contribution in [0.3, 0.4) is 0 Å². The summed E-state index contributed by atoms with van der Waals surface area (Å²) in [4.78, 5) is 17.5. The van der Waals surface area contributed by atoms with E-state index in [9.17, 15) is 4.79 Å². The zero-order valence-corrected chi connectivity index (χ0v) is 12.3. The Morgan fingerprint density at radius 1 is 1.14 bits per heavy atom. The molecule has 21 heavy (non-hydrogen) atoms. The number of rotatable bonds is 1. The van der Waals surface area contributed by atoms with E-state index in [2.05, 4.69) is 4.99 Å². The lowest BCUT2D eigenvalue weighted by atomic mass is 10.0. The summed E-state index contributed by atoms with van der Waals surface area (Å²) in [5, 5.41) is 0.995. The molecule has 1 aliphatic heterocycles. The highest BCUT2D eigenvalue weighted by molar-refractivity contribution is 6.32. The lowest BCUT2D eigenvalue weighted by Crippen LogP contribution is -2.27. The molecule has 1 amide bonds. The largest absolute Gasteiger partial charge is 0.313 e. The number of carbonyl (C=O) groups excluding carboxylic acids is 1. The molecule has 0 radical (unpaired) electrons. The van der Waals surface area contributed by atoms with Gasteiger partial charge in [0.15, 0.2) is 0 Å². The standard InChI is InChI=1S/C16H12Cl2N2O/c1-20-14-7-6-12(18)8-13(14)16(19-9-15(20)21)10-2-4-11(17)5-3-10/h2-8H,9H2,1H3/i1T3. The van der Waals surface area contributed by atoms with Gasteiger partial charge in [-0.05, 0) is 30.3 Å². The number of benzodiazepines with no additional fused rings is 1. The van der Waals surface area contributed by atoms with Gasteiger partial charge in [-0.15, -0.1) is 0 Å². The first-order chi connectivity index (χ1) is 11.3. The fourth-order valence-electron chi connectivity index (χ4n) is 2.18. The molecule has 2 aromatic carbocycles. The molecule has 0 atom stereocenters. The second kappa shape index (κ2) is 5.51. The highest BCUT2D eigenvalue weighted by Crippen LogP contribution is 2.29. The van der Waals surface area contributed by atoms with Crippen LogP contribution in [0.1, 0.15) is 15.2 Å². The molecule has 3 nitrogen and oxygen atoms in total. The van der Waals surface area contributed by atoms with Gasteiger partial charge in [0.25, 0.3) is 0 Å². The lowest BCUT2D eigenvalue weighted by Gasteiger charge is -2.18. The van der Waals surface area contributed by atoms with Crippen LogP contribution in [0.4, 0.5) is 5.69 Å². The monoisotopic (exact) mass is 324 g/mol. The number of halogens is 2. The summed E-state index contributed by atoms with van der Waals surface area (Å²) in [6, 6.07) is 11.6. The minimum atomic E-state index is -2.61. The van der Waals surface area contributed by atoms with Crippen molar-refractivity contribution in [1.29, 1.82) is 0 Å². The number of carbonyl (C=O) groups is 1. The van der Waals surface area contributed by atoms with E-state index in [4.69, 9.17) is 27.3 Å². The van der Waals surface area contributed by atoms with Crippen molar-refractivity contribution in [1.82, 2.24) is 0 Å². The number of aliphatic imine (C=N–C) groups is 1. The van der Waals surface area contributed by atoms with Crippen LogP contribution in [-0.2, 0) is 4.79 Å². The molecule has 5 heteroatoms. The van der Waals surface area contributed by atoms with Gasteiger partial charge in [-0.2, -0.15) is 0 Å². The van der Waals surface area contributed by atoms with Crippen LogP contribution in [0.15, 0.2) is 47.5 Å². The molecule has 0 aliphatic carbocycles. The van der Waals surface area contributed by atoms with Crippen LogP contribution < -0.4 is 4.90 Å². The van der Waals surface area contributed by atoms with Gasteiger partial charge < -0.3 is 4.90 Å². The third-order valence-corrected chi connectivity index (χ3v) is 3.68. The molecule has 0 aromatic heterocycles. The van der Waals surface area contributed by atoms with Gasteiger partial charge in [0.05, 0.1) is 11.4 Å². The summed E-state index contributed by atoms with van der Waals surface area (Å²) in [5.41, 5.74) is 1.98. The SMILES string of the molecule is [3H]C([3H])([3H])N1C(=O)CN=C(c2ccc(Cl)cc2)c2cc(Cl)ccc21. The summed E-state index contributed by atoms with van der Waals surface area (Å²) >= 11 is 12.0. The van der Waals surface area contributed by atoms with Gasteiger partial charge in [-0.3, -0.25) is 9.79 Å². The first-order valence-corrected chi connectivity index (χ1v) is 6.96. The van der Waals surface area contributed by atoms with E-state index >= 15 is 0 Å². The molecular weight excluding hydrogens is 307 g/mol. The van der Waals surface area contributed by atoms with E-state index in [1.54, 1.807) is 36.4 Å². The lowest BCUT2D eigenvalue weighted by molar-refractivity contribution is -0.116. The fraction of sp³-hybridized carbons (Fsp3) is 0.125. The van der Waals surface area contributed by atoms with Gasteiger partial charge in [-0.1, -0.05) is 35.3 Å². The molecule has 0 bridgehead atoms. The van der Waals surface area contributed by atoms with Crippen molar-refractivity contribution in [2.24, 2.45) is 4.99 Å². The second-order valence-corrected chi connectivity index (χ2v) is 5.44. The Balaban J connectivity index is 2.23. The highest BCUT2D eigenvalue weighted by Gasteiger charge is 2.22. The molecule has 0 saturated carbocycles. The van der Waals surface area contributed by atoms with E-state index in [0.29, 0.717) is 21.3 Å². The molecule has 0 spiro atoms. The van der Waals surface area contributed by atoms with Crippen molar-refractivity contribution in [3.8, 4) is 0 Å². The zero-order chi connectivity index (χ0) is 17.5. The number of benzene rings is 2. The van der Waals surface area contributed by atoms with E-state index < -0.39 is 12.9 Å². The van der Waals surface area contributed by atoms with Gasteiger partial charge in [0, 0.05) is 32.3 Å². The number of anilines is 1. The van der Waals surface area contributed by atoms with Crippen LogP contribution in [0, 0.1) is 0 Å². The molecule has 1 heterocycles. The summed E-state index contributed by atoms with van der Waals surface area (Å²) in [5.74, 6) is -0.595. The highest BCUT2D eigenvalue weighted by atomic mass is 35.5. The normalized spacial score (nSPS) is 17.2. The first kappa shape index (κ1) is 10.8. The Labute approximate surface area is 137 Å². The molecule has 2 aromatic rings. The smallest absolute Gasteiger partial charge is 0.248 e. The predicted molar refractivity (Wildman–Crippen MR) is 86.8 cm³/mol. The van der Waals surface area contributed by atoms with Gasteiger partial charge in [-0.25, -0.2) is 0 Å². The van der Waals surface area contributed by atoms with Crippen LogP contribution in [0.2, 0.25) is 10.0 Å². The molecular formula is C16H12Cl2N2O. The van der Waals surface area contributed by atoms with Crippen molar-refractivity contribution < 1.29 is 8.91 Å². The van der Waals surface area contributed by atoms with Crippen molar-refractivity contribution in [2.45, 2.75) is 0 Å². The molecule has 0 unspecified atom stereocenters. The number of nitrogens with zero attached hydrogens (tertiary/aromatic N) is 2. The van der Waals surface area contributed by atoms with E-state index in [-0.39, 0.29) is 12.2 Å². The number of amides is 1. The third-order valence-electron chi connectivity index (χ3n) is 3.19. The van der Waals surface area contributed by atoms with Crippen molar-refractivity contribution >= 4 is 40.5 Å². The van der Waals surface area contributed by atoms with Crippen LogP contribution in [0.5, 0.6) is 0 Å². The Bertz CT molecular complexity index is 832. The number of hydrogen-bond donors (Lipinski definition) is 0. The molecule has 0 fully saturated rings. The molecule has 106 valence electrons. The quantitative estimate of drug-likeness (QED) is 0.785. The Kier molecular flexibility index (Phi) is 2.84. The van der Waals surface area contributed by atoms with Crippen molar-refractivity contribution in [2.75, 3.05) is 18.4 Å². The second-order valence-electron chi connectivity index (χ2n) is 4.56. The average molecular weight is 325 g/mol. The molecule has 0 saturated heterocycles. The summed E-state index contributed by atoms with van der Waals surface area (Å²) in [6.45, 7) is -2.87. The van der Waals surface area contributed by atoms with Crippen molar-refractivity contribution in [3.05, 3.63) is 63.6 Å². The van der Waals surface area contributed by atoms with E-state index in [1.165, 1.54) is 6.07 Å². The number of hydrogen-bond acceptors (Lipinski definition) is 2. The summed E-state index contributed by atoms with van der Waals surface area (Å²) in [6.07, 6.45) is 0. The Morgan fingerprint density at radius 3 is 2.57 bits per heavy atom. The molecule has 0 N–H and O–H groups in total. The first-order valence-electron chi connectivity index (χ1n) is 7.71. The molecule has 1 aliphatic rings. The Hall–Kier alpha value is -1.84. The molecule has 3 rings (SSSR count). The topological polar surface area (TPSA) is 32.7 Å². The number of fused-ring (bicyclic) bond motifs is 1. The van der Waals surface area contributed by atoms with Crippen molar-refractivity contribution in [3.63, 3.8) is 0 Å². The maximum absolute atomic E-state index is 12.3. The Morgan fingerprint density at radius 2 is 1.86 bits per heavy atom. The summed E-state index contributed by atoms with van der Waals surface area (Å²) < 4.78 is 23.0. The minimum Gasteiger partial charge on any atom is -0.313 e. The fourth-order valence-corrected chi connectivity index (χ4v) is 2.48. The van der Waals surface area contributed by atoms with Crippen LogP contribution in [-0.4, -0.2) is 25.1 Å². The van der Waals surface area contributed by atoms with Gasteiger partial charge >= 0.3 is 0 Å². The number of likely N-dealkylation sites (N-methyl/N-ethyl adjacent to an activating group) is 1. The average Bonchev–Trinajstić information content (AvgIpc) is 2.64. The third kappa shape index (κ3) is 2.67. The van der Waals surface area contributed by atoms with E-state index in [0.717, 1.165) is 10.5 Å². The van der Waals surface area contributed by atoms with Gasteiger partial charge in [0.1, 0.15) is 6.54 Å². The van der Waals surface area contributed by atoms with Crippen LogP contribution >= 0.6 is 23.2 Å². The maximum Gasteiger partial charge on any atom is 0.248 e. The maximum atomic E-state index is 12.3. The van der Waals surface area contributed by atoms with E-state index in [1.807, 2.05) is 0 Å². The predicted octanol–water partition coefficient (Wildman–Crippen LogP) is 3.81. The summed E-state index contributed by atoms with van der Waals surface area (Å²) in [7, 11) is 0. The minimum absolute atomic E-state index is 0.260. The zero-order valence-electron chi connectivity index (χ0n) is 13.8. The van der Waals surface area contributed by atoms with Crippen LogP contribution in [0.25, 0.3) is 0 Å². The van der Waals surface area contributed by atoms with Gasteiger partial charge in [0.2, 0.25) is 5.91 Å².